The summed E-state index contributed by atoms with van der Waals surface area (Å²) in [7, 11) is 0. The first kappa shape index (κ1) is 15.8. The minimum Gasteiger partial charge on any atom is -0.352 e. The summed E-state index contributed by atoms with van der Waals surface area (Å²) in [6.45, 7) is 11.9. The van der Waals surface area contributed by atoms with E-state index in [0.717, 1.165) is 25.6 Å². The number of hydrogen-bond acceptors (Lipinski definition) is 3. The van der Waals surface area contributed by atoms with Gasteiger partial charge in [0.15, 0.2) is 0 Å². The van der Waals surface area contributed by atoms with E-state index >= 15 is 0 Å². The Labute approximate surface area is 123 Å². The molecule has 1 aliphatic heterocycles. The summed E-state index contributed by atoms with van der Waals surface area (Å²) < 4.78 is 0. The molecule has 2 fully saturated rings. The van der Waals surface area contributed by atoms with Gasteiger partial charge in [-0.2, -0.15) is 0 Å². The molecule has 1 heterocycles. The van der Waals surface area contributed by atoms with E-state index in [-0.39, 0.29) is 17.5 Å². The standard InChI is InChI=1S/C16H31N3O/c1-12(15(20)18-14-5-6-14)19-9-7-13(8-10-19)11-17-16(2,3)4/h12-14,17H,5-11H2,1-4H3,(H,18,20). The van der Waals surface area contributed by atoms with E-state index < -0.39 is 0 Å². The Bertz CT molecular complexity index is 325. The number of carbonyl (C=O) groups is 1. The molecule has 1 aliphatic carbocycles. The molecule has 4 heteroatoms. The van der Waals surface area contributed by atoms with Gasteiger partial charge in [0.1, 0.15) is 0 Å². The predicted octanol–water partition coefficient (Wildman–Crippen LogP) is 1.75. The second-order valence-electron chi connectivity index (χ2n) is 7.57. The van der Waals surface area contributed by atoms with Gasteiger partial charge in [0, 0.05) is 11.6 Å². The van der Waals surface area contributed by atoms with Crippen molar-refractivity contribution in [2.24, 2.45) is 5.92 Å². The number of likely N-dealkylation sites (tertiary alicyclic amines) is 1. The Morgan fingerprint density at radius 2 is 1.80 bits per heavy atom. The van der Waals surface area contributed by atoms with Crippen LogP contribution in [0.15, 0.2) is 0 Å². The van der Waals surface area contributed by atoms with Crippen molar-refractivity contribution < 1.29 is 4.79 Å². The maximum Gasteiger partial charge on any atom is 0.237 e. The fourth-order valence-corrected chi connectivity index (χ4v) is 2.71. The third-order valence-corrected chi connectivity index (χ3v) is 4.42. The normalized spacial score (nSPS) is 23.6. The fourth-order valence-electron chi connectivity index (χ4n) is 2.71. The van der Waals surface area contributed by atoms with Crippen molar-refractivity contribution in [1.29, 1.82) is 0 Å². The number of piperidine rings is 1. The molecule has 0 aromatic carbocycles. The summed E-state index contributed by atoms with van der Waals surface area (Å²) in [6.07, 6.45) is 4.73. The quantitative estimate of drug-likeness (QED) is 0.807. The monoisotopic (exact) mass is 281 g/mol. The van der Waals surface area contributed by atoms with Crippen molar-refractivity contribution >= 4 is 5.91 Å². The second-order valence-corrected chi connectivity index (χ2v) is 7.57. The van der Waals surface area contributed by atoms with Crippen molar-refractivity contribution in [3.8, 4) is 0 Å². The van der Waals surface area contributed by atoms with Crippen LogP contribution in [0, 0.1) is 5.92 Å². The van der Waals surface area contributed by atoms with Gasteiger partial charge in [0.2, 0.25) is 5.91 Å². The summed E-state index contributed by atoms with van der Waals surface area (Å²) >= 11 is 0. The van der Waals surface area contributed by atoms with Gasteiger partial charge in [-0.15, -0.1) is 0 Å². The first-order valence-electron chi connectivity index (χ1n) is 8.14. The smallest absolute Gasteiger partial charge is 0.237 e. The number of hydrogen-bond donors (Lipinski definition) is 2. The zero-order chi connectivity index (χ0) is 14.8. The van der Waals surface area contributed by atoms with Crippen molar-refractivity contribution in [2.45, 2.75) is 71.0 Å². The van der Waals surface area contributed by atoms with Crippen LogP contribution in [0.3, 0.4) is 0 Å². The first-order chi connectivity index (χ1) is 9.35. The van der Waals surface area contributed by atoms with E-state index in [0.29, 0.717) is 6.04 Å². The van der Waals surface area contributed by atoms with Crippen molar-refractivity contribution in [3.05, 3.63) is 0 Å². The number of rotatable bonds is 5. The van der Waals surface area contributed by atoms with Gasteiger partial charge in [-0.1, -0.05) is 0 Å². The Balaban J connectivity index is 1.68. The molecule has 1 unspecified atom stereocenters. The minimum absolute atomic E-state index is 0.0344. The molecule has 2 N–H and O–H groups in total. The Hall–Kier alpha value is -0.610. The molecular weight excluding hydrogens is 250 g/mol. The van der Waals surface area contributed by atoms with Crippen LogP contribution >= 0.6 is 0 Å². The molecule has 1 atom stereocenters. The van der Waals surface area contributed by atoms with E-state index in [1.807, 2.05) is 6.92 Å². The van der Waals surface area contributed by atoms with Gasteiger partial charge < -0.3 is 10.6 Å². The molecule has 0 bridgehead atoms. The molecule has 116 valence electrons. The highest BCUT2D eigenvalue weighted by atomic mass is 16.2. The highest BCUT2D eigenvalue weighted by Crippen LogP contribution is 2.21. The zero-order valence-corrected chi connectivity index (χ0v) is 13.5. The lowest BCUT2D eigenvalue weighted by Crippen LogP contribution is -2.50. The first-order valence-corrected chi connectivity index (χ1v) is 8.14. The fraction of sp³-hybridized carbons (Fsp3) is 0.938. The summed E-state index contributed by atoms with van der Waals surface area (Å²) in [4.78, 5) is 14.4. The van der Waals surface area contributed by atoms with Gasteiger partial charge in [-0.05, 0) is 78.9 Å². The second kappa shape index (κ2) is 6.44. The van der Waals surface area contributed by atoms with Gasteiger partial charge in [0.05, 0.1) is 6.04 Å². The minimum atomic E-state index is 0.0344. The highest BCUT2D eigenvalue weighted by Gasteiger charge is 2.30. The van der Waals surface area contributed by atoms with Crippen LogP contribution in [0.2, 0.25) is 0 Å². The number of amides is 1. The maximum atomic E-state index is 12.1. The molecule has 4 nitrogen and oxygen atoms in total. The molecule has 0 aromatic heterocycles. The van der Waals surface area contributed by atoms with Crippen LogP contribution in [-0.2, 0) is 4.79 Å². The topological polar surface area (TPSA) is 44.4 Å². The lowest BCUT2D eigenvalue weighted by molar-refractivity contribution is -0.126. The van der Waals surface area contributed by atoms with E-state index in [2.05, 4.69) is 36.3 Å². The SMILES string of the molecule is CC(C(=O)NC1CC1)N1CCC(CNC(C)(C)C)CC1. The average Bonchev–Trinajstić information content (AvgIpc) is 3.19. The van der Waals surface area contributed by atoms with Gasteiger partial charge in [-0.25, -0.2) is 0 Å². The third-order valence-electron chi connectivity index (χ3n) is 4.42. The van der Waals surface area contributed by atoms with Gasteiger partial charge in [0.25, 0.3) is 0 Å². The molecule has 20 heavy (non-hydrogen) atoms. The summed E-state index contributed by atoms with van der Waals surface area (Å²) in [5.74, 6) is 0.975. The molecule has 1 saturated carbocycles. The Kier molecular flexibility index (Phi) is 5.08. The van der Waals surface area contributed by atoms with Crippen molar-refractivity contribution in [3.63, 3.8) is 0 Å². The predicted molar refractivity (Wildman–Crippen MR) is 82.7 cm³/mol. The van der Waals surface area contributed by atoms with Crippen LogP contribution in [0.5, 0.6) is 0 Å². The van der Waals surface area contributed by atoms with Crippen LogP contribution in [-0.4, -0.2) is 48.1 Å². The summed E-state index contributed by atoms with van der Waals surface area (Å²) in [6, 6.07) is 0.505. The van der Waals surface area contributed by atoms with Crippen molar-refractivity contribution in [2.75, 3.05) is 19.6 Å². The molecule has 1 amide bonds. The average molecular weight is 281 g/mol. The van der Waals surface area contributed by atoms with Crippen LogP contribution in [0.4, 0.5) is 0 Å². The van der Waals surface area contributed by atoms with E-state index in [1.54, 1.807) is 0 Å². The van der Waals surface area contributed by atoms with Gasteiger partial charge in [-0.3, -0.25) is 9.69 Å². The lowest BCUT2D eigenvalue weighted by atomic mass is 9.94. The molecule has 0 aromatic rings. The molecule has 2 rings (SSSR count). The van der Waals surface area contributed by atoms with E-state index in [1.165, 1.54) is 25.7 Å². The number of nitrogens with one attached hydrogen (secondary N) is 2. The molecule has 1 saturated heterocycles. The summed E-state index contributed by atoms with van der Waals surface area (Å²) in [5, 5.41) is 6.71. The summed E-state index contributed by atoms with van der Waals surface area (Å²) in [5.41, 5.74) is 0.203. The van der Waals surface area contributed by atoms with E-state index in [4.69, 9.17) is 0 Å². The molecule has 0 radical (unpaired) electrons. The van der Waals surface area contributed by atoms with Crippen LogP contribution in [0.1, 0.15) is 53.4 Å². The maximum absolute atomic E-state index is 12.1. The molecular formula is C16H31N3O. The van der Waals surface area contributed by atoms with Gasteiger partial charge >= 0.3 is 0 Å². The number of carbonyl (C=O) groups excluding carboxylic acids is 1. The third kappa shape index (κ3) is 5.06. The van der Waals surface area contributed by atoms with E-state index in [9.17, 15) is 4.79 Å². The van der Waals surface area contributed by atoms with Crippen LogP contribution < -0.4 is 10.6 Å². The largest absolute Gasteiger partial charge is 0.352 e. The van der Waals surface area contributed by atoms with Crippen LogP contribution in [0.25, 0.3) is 0 Å². The number of nitrogens with zero attached hydrogens (tertiary/aromatic N) is 1. The lowest BCUT2D eigenvalue weighted by Gasteiger charge is -2.36. The molecule has 2 aliphatic rings. The Morgan fingerprint density at radius 1 is 1.20 bits per heavy atom. The zero-order valence-electron chi connectivity index (χ0n) is 13.5. The Morgan fingerprint density at radius 3 is 2.30 bits per heavy atom. The molecule has 0 spiro atoms. The van der Waals surface area contributed by atoms with Crippen molar-refractivity contribution in [1.82, 2.24) is 15.5 Å². The highest BCUT2D eigenvalue weighted by molar-refractivity contribution is 5.81.